The number of amides is 1. The molecule has 0 fully saturated rings. The van der Waals surface area contributed by atoms with Gasteiger partial charge in [0.15, 0.2) is 0 Å². The fourth-order valence-electron chi connectivity index (χ4n) is 2.31. The van der Waals surface area contributed by atoms with Crippen LogP contribution in [0.3, 0.4) is 0 Å². The molecule has 0 aliphatic carbocycles. The van der Waals surface area contributed by atoms with Crippen LogP contribution in [0.4, 0.5) is 9.59 Å². The highest BCUT2D eigenvalue weighted by Gasteiger charge is 2.20. The lowest BCUT2D eigenvalue weighted by atomic mass is 10.1. The first kappa shape index (κ1) is 20.5. The predicted molar refractivity (Wildman–Crippen MR) is 102 cm³/mol. The molecule has 0 saturated carbocycles. The van der Waals surface area contributed by atoms with Gasteiger partial charge in [-0.05, 0) is 59.2 Å². The van der Waals surface area contributed by atoms with Crippen LogP contribution in [0.15, 0.2) is 30.6 Å². The summed E-state index contributed by atoms with van der Waals surface area (Å²) in [6.45, 7) is 11.0. The molecule has 7 heteroatoms. The highest BCUT2D eigenvalue weighted by atomic mass is 16.7. The number of benzene rings is 1. The third kappa shape index (κ3) is 6.44. The average Bonchev–Trinajstić information content (AvgIpc) is 2.50. The SMILES string of the molecule is CC(C)(C)OC(=O)NCc1ccc(OC(=O)OC(C)(C)C)c2ccncc12. The van der Waals surface area contributed by atoms with Crippen molar-refractivity contribution in [2.24, 2.45) is 0 Å². The van der Waals surface area contributed by atoms with Gasteiger partial charge in [-0.1, -0.05) is 6.07 Å². The number of nitrogens with one attached hydrogen (secondary N) is 1. The van der Waals surface area contributed by atoms with E-state index in [0.717, 1.165) is 10.9 Å². The Morgan fingerprint density at radius 1 is 0.963 bits per heavy atom. The van der Waals surface area contributed by atoms with Gasteiger partial charge in [-0.25, -0.2) is 9.59 Å². The third-order valence-electron chi connectivity index (χ3n) is 3.27. The molecule has 2 rings (SSSR count). The minimum Gasteiger partial charge on any atom is -0.444 e. The molecule has 0 unspecified atom stereocenters. The van der Waals surface area contributed by atoms with Gasteiger partial charge >= 0.3 is 12.2 Å². The molecule has 27 heavy (non-hydrogen) atoms. The van der Waals surface area contributed by atoms with Gasteiger partial charge in [-0.2, -0.15) is 0 Å². The highest BCUT2D eigenvalue weighted by Crippen LogP contribution is 2.28. The molecular weight excluding hydrogens is 348 g/mol. The van der Waals surface area contributed by atoms with Crippen LogP contribution < -0.4 is 10.1 Å². The molecule has 2 aromatic rings. The van der Waals surface area contributed by atoms with Crippen LogP contribution in [0, 0.1) is 0 Å². The number of carbonyl (C=O) groups is 2. The van der Waals surface area contributed by atoms with Gasteiger partial charge in [0.1, 0.15) is 17.0 Å². The summed E-state index contributed by atoms with van der Waals surface area (Å²) in [7, 11) is 0. The summed E-state index contributed by atoms with van der Waals surface area (Å²) in [4.78, 5) is 28.0. The number of hydrogen-bond donors (Lipinski definition) is 1. The molecule has 0 bridgehead atoms. The van der Waals surface area contributed by atoms with E-state index in [1.165, 1.54) is 0 Å². The fourth-order valence-corrected chi connectivity index (χ4v) is 2.31. The standard InChI is InChI=1S/C20H26N2O5/c1-19(2,3)26-17(23)22-11-13-7-8-16(14-9-10-21-12-15(13)14)25-18(24)27-20(4,5)6/h7-10,12H,11H2,1-6H3,(H,22,23). The van der Waals surface area contributed by atoms with Crippen molar-refractivity contribution < 1.29 is 23.8 Å². The predicted octanol–water partition coefficient (Wildman–Crippen LogP) is 4.57. The van der Waals surface area contributed by atoms with E-state index in [1.807, 2.05) is 0 Å². The second-order valence-corrected chi connectivity index (χ2v) is 8.07. The number of nitrogens with zero attached hydrogens (tertiary/aromatic N) is 1. The number of hydrogen-bond acceptors (Lipinski definition) is 6. The zero-order valence-electron chi connectivity index (χ0n) is 16.6. The number of pyridine rings is 1. The van der Waals surface area contributed by atoms with Crippen molar-refractivity contribution in [1.82, 2.24) is 10.3 Å². The molecule has 1 N–H and O–H groups in total. The van der Waals surface area contributed by atoms with Crippen molar-refractivity contribution in [2.75, 3.05) is 0 Å². The highest BCUT2D eigenvalue weighted by molar-refractivity contribution is 5.91. The average molecular weight is 374 g/mol. The smallest absolute Gasteiger partial charge is 0.444 e. The molecule has 1 aromatic heterocycles. The second-order valence-electron chi connectivity index (χ2n) is 8.07. The molecule has 0 aliphatic heterocycles. The maximum Gasteiger partial charge on any atom is 0.514 e. The number of aromatic nitrogens is 1. The monoisotopic (exact) mass is 374 g/mol. The second kappa shape index (κ2) is 7.82. The molecule has 146 valence electrons. The van der Waals surface area contributed by atoms with E-state index >= 15 is 0 Å². The molecule has 0 saturated heterocycles. The van der Waals surface area contributed by atoms with Crippen LogP contribution in [-0.4, -0.2) is 28.4 Å². The summed E-state index contributed by atoms with van der Waals surface area (Å²) >= 11 is 0. The number of fused-ring (bicyclic) bond motifs is 1. The molecule has 7 nitrogen and oxygen atoms in total. The summed E-state index contributed by atoms with van der Waals surface area (Å²) in [6, 6.07) is 5.17. The van der Waals surface area contributed by atoms with E-state index in [4.69, 9.17) is 14.2 Å². The lowest BCUT2D eigenvalue weighted by molar-refractivity contribution is 0.0209. The van der Waals surface area contributed by atoms with E-state index in [9.17, 15) is 9.59 Å². The number of rotatable bonds is 3. The Hall–Kier alpha value is -2.83. The summed E-state index contributed by atoms with van der Waals surface area (Å²) in [5.41, 5.74) is -0.398. The Morgan fingerprint density at radius 3 is 2.26 bits per heavy atom. The summed E-state index contributed by atoms with van der Waals surface area (Å²) in [5, 5.41) is 4.17. The summed E-state index contributed by atoms with van der Waals surface area (Å²) in [5.74, 6) is 0.364. The molecule has 0 aliphatic rings. The van der Waals surface area contributed by atoms with Crippen molar-refractivity contribution in [1.29, 1.82) is 0 Å². The Balaban J connectivity index is 2.19. The van der Waals surface area contributed by atoms with Crippen molar-refractivity contribution in [3.05, 3.63) is 36.2 Å². The minimum absolute atomic E-state index is 0.254. The maximum absolute atomic E-state index is 12.0. The lowest BCUT2D eigenvalue weighted by Gasteiger charge is -2.20. The van der Waals surface area contributed by atoms with E-state index in [-0.39, 0.29) is 6.54 Å². The number of carbonyl (C=O) groups excluding carboxylic acids is 2. The Bertz CT molecular complexity index is 834. The van der Waals surface area contributed by atoms with Gasteiger partial charge in [0, 0.05) is 29.7 Å². The molecule has 0 spiro atoms. The van der Waals surface area contributed by atoms with Crippen LogP contribution in [0.25, 0.3) is 10.8 Å². The van der Waals surface area contributed by atoms with Crippen molar-refractivity contribution in [3.8, 4) is 5.75 Å². The van der Waals surface area contributed by atoms with Crippen LogP contribution in [0.5, 0.6) is 5.75 Å². The Kier molecular flexibility index (Phi) is 5.93. The van der Waals surface area contributed by atoms with E-state index < -0.39 is 23.5 Å². The van der Waals surface area contributed by atoms with Crippen molar-refractivity contribution in [3.63, 3.8) is 0 Å². The first-order valence-corrected chi connectivity index (χ1v) is 8.68. The zero-order valence-corrected chi connectivity index (χ0v) is 16.6. The Morgan fingerprint density at radius 2 is 1.63 bits per heavy atom. The van der Waals surface area contributed by atoms with Crippen molar-refractivity contribution in [2.45, 2.75) is 59.3 Å². The van der Waals surface area contributed by atoms with Gasteiger partial charge in [0.25, 0.3) is 0 Å². The maximum atomic E-state index is 12.0. The van der Waals surface area contributed by atoms with Crippen LogP contribution in [0.1, 0.15) is 47.1 Å². The summed E-state index contributed by atoms with van der Waals surface area (Å²) < 4.78 is 15.8. The molecule has 1 amide bonds. The van der Waals surface area contributed by atoms with Gasteiger partial charge < -0.3 is 19.5 Å². The lowest BCUT2D eigenvalue weighted by Crippen LogP contribution is -2.32. The van der Waals surface area contributed by atoms with E-state index in [0.29, 0.717) is 11.1 Å². The zero-order chi connectivity index (χ0) is 20.2. The minimum atomic E-state index is -0.778. The molecule has 0 radical (unpaired) electrons. The van der Waals surface area contributed by atoms with Crippen LogP contribution in [0.2, 0.25) is 0 Å². The fraction of sp³-hybridized carbons (Fsp3) is 0.450. The van der Waals surface area contributed by atoms with Gasteiger partial charge in [-0.15, -0.1) is 0 Å². The normalized spacial score (nSPS) is 11.8. The molecule has 1 heterocycles. The topological polar surface area (TPSA) is 86.8 Å². The number of alkyl carbamates (subject to hydrolysis) is 1. The van der Waals surface area contributed by atoms with Crippen LogP contribution in [-0.2, 0) is 16.0 Å². The van der Waals surface area contributed by atoms with Crippen molar-refractivity contribution >= 4 is 23.0 Å². The first-order chi connectivity index (χ1) is 12.4. The quantitative estimate of drug-likeness (QED) is 0.625. The van der Waals surface area contributed by atoms with Gasteiger partial charge in [0.2, 0.25) is 0 Å². The van der Waals surface area contributed by atoms with E-state index in [2.05, 4.69) is 10.3 Å². The van der Waals surface area contributed by atoms with Crippen LogP contribution >= 0.6 is 0 Å². The van der Waals surface area contributed by atoms with E-state index in [1.54, 1.807) is 72.1 Å². The number of ether oxygens (including phenoxy) is 3. The largest absolute Gasteiger partial charge is 0.514 e. The molecule has 0 atom stereocenters. The third-order valence-corrected chi connectivity index (χ3v) is 3.27. The summed E-state index contributed by atoms with van der Waals surface area (Å²) in [6.07, 6.45) is 1.98. The van der Waals surface area contributed by atoms with Gasteiger partial charge in [-0.3, -0.25) is 4.98 Å². The van der Waals surface area contributed by atoms with Gasteiger partial charge in [0.05, 0.1) is 0 Å². The molecule has 1 aromatic carbocycles. The Labute approximate surface area is 159 Å². The first-order valence-electron chi connectivity index (χ1n) is 8.68. The molecular formula is C20H26N2O5.